The molecule has 3 aromatic carbocycles. The lowest BCUT2D eigenvalue weighted by Crippen LogP contribution is -2.38. The second-order valence-electron chi connectivity index (χ2n) is 13.7. The summed E-state index contributed by atoms with van der Waals surface area (Å²) in [5, 5.41) is 10.2. The minimum atomic E-state index is -3.92. The van der Waals surface area contributed by atoms with Crippen LogP contribution in [-0.4, -0.2) is 49.7 Å². The minimum absolute atomic E-state index is 0.0122. The number of nitrogens with one attached hydrogen (secondary N) is 2. The molecule has 1 unspecified atom stereocenters. The van der Waals surface area contributed by atoms with Crippen molar-refractivity contribution in [3.05, 3.63) is 110 Å². The maximum atomic E-state index is 15.4. The number of rotatable bonds is 10. The molecule has 0 radical (unpaired) electrons. The van der Waals surface area contributed by atoms with Crippen molar-refractivity contribution in [3.8, 4) is 5.69 Å². The van der Waals surface area contributed by atoms with E-state index >= 15 is 8.78 Å². The van der Waals surface area contributed by atoms with Crippen LogP contribution in [0.5, 0.6) is 0 Å². The third kappa shape index (κ3) is 6.33. The Bertz CT molecular complexity index is 2810. The molecule has 0 saturated heterocycles. The molecule has 3 aromatic heterocycles. The predicted molar refractivity (Wildman–Crippen MR) is 188 cm³/mol. The van der Waals surface area contributed by atoms with Gasteiger partial charge in [0.15, 0.2) is 5.82 Å². The van der Waals surface area contributed by atoms with Gasteiger partial charge in [-0.15, -0.1) is 0 Å². The van der Waals surface area contributed by atoms with Crippen LogP contribution in [0.4, 0.5) is 36.6 Å². The minimum Gasteiger partial charge on any atom is -0.344 e. The Hall–Kier alpha value is -5.50. The number of amides is 1. The number of carbonyl (C=O) groups excluding carboxylic acids is 1. The summed E-state index contributed by atoms with van der Waals surface area (Å²) in [6.45, 7) is -1.01. The Morgan fingerprint density at radius 1 is 1.04 bits per heavy atom. The number of fused-ring (bicyclic) bond motifs is 5. The van der Waals surface area contributed by atoms with Crippen LogP contribution in [0.1, 0.15) is 53.1 Å². The van der Waals surface area contributed by atoms with Crippen molar-refractivity contribution in [1.29, 1.82) is 0 Å². The summed E-state index contributed by atoms with van der Waals surface area (Å²) < 4.78 is 132. The number of anilines is 1. The SMILES string of the molecule is Cn1nc(NS(C)(=O)=O)c2c(Cl)ccc(-n3c(C(Cc4cc(F)cc(F)c4)NC(=O)Cn4nc(C(F)F)c5c4C(F)(F)[C@@H]4C[C@H]54)nc4ccc(F)cc4c3=O)c21. The largest absolute Gasteiger partial charge is 0.344 e. The number of nitrogens with zero attached hydrogens (tertiary/aromatic N) is 6. The lowest BCUT2D eigenvalue weighted by atomic mass is 10.0. The van der Waals surface area contributed by atoms with E-state index in [1.54, 1.807) is 0 Å². The fourth-order valence-corrected chi connectivity index (χ4v) is 8.29. The number of carbonyl (C=O) groups is 1. The van der Waals surface area contributed by atoms with Gasteiger partial charge in [-0.25, -0.2) is 35.4 Å². The molecule has 2 aliphatic rings. The Morgan fingerprint density at radius 2 is 1.75 bits per heavy atom. The smallest absolute Gasteiger partial charge is 0.293 e. The van der Waals surface area contributed by atoms with E-state index in [-0.39, 0.29) is 61.7 Å². The summed E-state index contributed by atoms with van der Waals surface area (Å²) in [5.74, 6) is -10.1. The van der Waals surface area contributed by atoms with Crippen LogP contribution >= 0.6 is 11.6 Å². The Labute approximate surface area is 315 Å². The summed E-state index contributed by atoms with van der Waals surface area (Å²) in [5.41, 5.74) is -3.11. The topological polar surface area (TPSA) is 146 Å². The van der Waals surface area contributed by atoms with Crippen molar-refractivity contribution in [2.24, 2.45) is 13.0 Å². The molecule has 0 aliphatic heterocycles. The third-order valence-electron chi connectivity index (χ3n) is 9.76. The number of benzene rings is 3. The highest BCUT2D eigenvalue weighted by molar-refractivity contribution is 7.92. The lowest BCUT2D eigenvalue weighted by molar-refractivity contribution is -0.123. The molecule has 8 rings (SSSR count). The van der Waals surface area contributed by atoms with Crippen molar-refractivity contribution in [1.82, 2.24) is 34.4 Å². The molecular formula is C35H26ClF7N8O4S. The zero-order valence-corrected chi connectivity index (χ0v) is 30.4. The molecule has 2 aliphatic carbocycles. The van der Waals surface area contributed by atoms with E-state index in [1.807, 2.05) is 0 Å². The molecule has 292 valence electrons. The van der Waals surface area contributed by atoms with Crippen molar-refractivity contribution in [3.63, 3.8) is 0 Å². The van der Waals surface area contributed by atoms with Crippen LogP contribution in [0, 0.1) is 23.4 Å². The van der Waals surface area contributed by atoms with E-state index in [2.05, 4.69) is 25.2 Å². The van der Waals surface area contributed by atoms with Gasteiger partial charge in [0.25, 0.3) is 17.9 Å². The number of alkyl halides is 4. The molecule has 6 aromatic rings. The second kappa shape index (κ2) is 13.0. The highest BCUT2D eigenvalue weighted by Crippen LogP contribution is 2.68. The standard InChI is InChI=1S/C35H26ClF7N8O4S/c1-49-29-24(6-4-21(36)27(29)32(47-49)48-56(2,54)55)51-33(45-22-5-3-15(37)11-19(22)34(51)53)23(9-14-7-16(38)10-17(39)8-14)44-25(52)13-50-30-26(28(46-50)31(40)41)18-12-20(18)35(30,42)43/h3-8,10-11,18,20,23,31H,9,12-13H2,1-2H3,(H,44,52)(H,47,48)/t18-,20+,23?/m0/s1. The maximum absolute atomic E-state index is 15.4. The first-order valence-corrected chi connectivity index (χ1v) is 19.0. The normalized spacial score (nSPS) is 17.7. The molecule has 1 fully saturated rings. The molecule has 3 atom stereocenters. The zero-order valence-electron chi connectivity index (χ0n) is 28.8. The molecule has 1 saturated carbocycles. The van der Waals surface area contributed by atoms with Gasteiger partial charge in [-0.05, 0) is 60.4 Å². The molecule has 56 heavy (non-hydrogen) atoms. The number of sulfonamides is 1. The van der Waals surface area contributed by atoms with Gasteiger partial charge in [-0.1, -0.05) is 11.6 Å². The van der Waals surface area contributed by atoms with Crippen molar-refractivity contribution < 1.29 is 43.9 Å². The Kier molecular flexibility index (Phi) is 8.71. The van der Waals surface area contributed by atoms with Gasteiger partial charge in [0.05, 0.1) is 44.8 Å². The second-order valence-corrected chi connectivity index (χ2v) is 15.8. The van der Waals surface area contributed by atoms with Gasteiger partial charge in [0.2, 0.25) is 15.9 Å². The molecule has 0 bridgehead atoms. The molecule has 2 N–H and O–H groups in total. The van der Waals surface area contributed by atoms with Crippen molar-refractivity contribution in [2.45, 2.75) is 43.7 Å². The van der Waals surface area contributed by atoms with Gasteiger partial charge in [-0.3, -0.25) is 28.2 Å². The van der Waals surface area contributed by atoms with Crippen LogP contribution in [0.2, 0.25) is 5.02 Å². The van der Waals surface area contributed by atoms with E-state index in [1.165, 1.54) is 29.9 Å². The highest BCUT2D eigenvalue weighted by Gasteiger charge is 2.67. The zero-order chi connectivity index (χ0) is 40.2. The van der Waals surface area contributed by atoms with E-state index in [4.69, 9.17) is 11.6 Å². The van der Waals surface area contributed by atoms with E-state index in [0.717, 1.165) is 35.1 Å². The van der Waals surface area contributed by atoms with Gasteiger partial charge in [0.1, 0.15) is 41.2 Å². The lowest BCUT2D eigenvalue weighted by Gasteiger charge is -2.24. The number of aromatic nitrogens is 6. The third-order valence-corrected chi connectivity index (χ3v) is 10.6. The average Bonchev–Trinajstić information content (AvgIpc) is 3.63. The first kappa shape index (κ1) is 37.4. The summed E-state index contributed by atoms with van der Waals surface area (Å²) in [4.78, 5) is 33.0. The molecule has 1 amide bonds. The van der Waals surface area contributed by atoms with Crippen LogP contribution in [0.25, 0.3) is 27.5 Å². The highest BCUT2D eigenvalue weighted by atomic mass is 35.5. The first-order chi connectivity index (χ1) is 26.3. The molecule has 21 heteroatoms. The fourth-order valence-electron chi connectivity index (χ4n) is 7.55. The van der Waals surface area contributed by atoms with E-state index in [0.29, 0.717) is 10.7 Å². The van der Waals surface area contributed by atoms with Gasteiger partial charge < -0.3 is 5.32 Å². The first-order valence-electron chi connectivity index (χ1n) is 16.7. The van der Waals surface area contributed by atoms with Crippen LogP contribution in [-0.2, 0) is 40.8 Å². The summed E-state index contributed by atoms with van der Waals surface area (Å²) in [6, 6.07) is 6.63. The van der Waals surface area contributed by atoms with Crippen molar-refractivity contribution in [2.75, 3.05) is 11.0 Å². The summed E-state index contributed by atoms with van der Waals surface area (Å²) in [6.07, 6.45) is -2.86. The van der Waals surface area contributed by atoms with E-state index in [9.17, 15) is 40.0 Å². The van der Waals surface area contributed by atoms with E-state index < -0.39 is 93.5 Å². The molecule has 3 heterocycles. The number of aryl methyl sites for hydroxylation is 1. The number of hydrogen-bond donors (Lipinski definition) is 2. The Balaban J connectivity index is 1.32. The van der Waals surface area contributed by atoms with Gasteiger partial charge in [0, 0.05) is 31.0 Å². The molecular weight excluding hydrogens is 797 g/mol. The van der Waals surface area contributed by atoms with Crippen LogP contribution in [0.15, 0.2) is 53.3 Å². The predicted octanol–water partition coefficient (Wildman–Crippen LogP) is 6.16. The Morgan fingerprint density at radius 3 is 2.43 bits per heavy atom. The van der Waals surface area contributed by atoms with Gasteiger partial charge >= 0.3 is 0 Å². The molecule has 0 spiro atoms. The number of halogens is 8. The maximum Gasteiger partial charge on any atom is 0.293 e. The summed E-state index contributed by atoms with van der Waals surface area (Å²) >= 11 is 6.52. The number of hydrogen-bond acceptors (Lipinski definition) is 7. The summed E-state index contributed by atoms with van der Waals surface area (Å²) in [7, 11) is -2.52. The molecule has 12 nitrogen and oxygen atoms in total. The van der Waals surface area contributed by atoms with Crippen LogP contribution < -0.4 is 15.6 Å². The quantitative estimate of drug-likeness (QED) is 0.158. The van der Waals surface area contributed by atoms with Crippen molar-refractivity contribution >= 4 is 55.2 Å². The average molecular weight is 823 g/mol. The monoisotopic (exact) mass is 822 g/mol. The van der Waals surface area contributed by atoms with Crippen LogP contribution in [0.3, 0.4) is 0 Å². The van der Waals surface area contributed by atoms with Gasteiger partial charge in [-0.2, -0.15) is 19.0 Å². The fraction of sp³-hybridized carbons (Fsp3) is 0.286.